The maximum Gasteiger partial charge on any atom is 0.253 e. The SMILES string of the molecule is COc1cc(OC)cc(C(=O)NCCC(=O)Nc2ccccc2C(=O)NC(C)(C)C)c1. The second-order valence-electron chi connectivity index (χ2n) is 7.91. The van der Waals surface area contributed by atoms with Crippen molar-refractivity contribution in [1.29, 1.82) is 0 Å². The molecule has 0 unspecified atom stereocenters. The van der Waals surface area contributed by atoms with Gasteiger partial charge >= 0.3 is 0 Å². The average molecular weight is 428 g/mol. The van der Waals surface area contributed by atoms with E-state index in [9.17, 15) is 14.4 Å². The number of methoxy groups -OCH3 is 2. The van der Waals surface area contributed by atoms with Crippen molar-refractivity contribution in [2.75, 3.05) is 26.1 Å². The number of carbonyl (C=O) groups excluding carboxylic acids is 3. The summed E-state index contributed by atoms with van der Waals surface area (Å²) in [5.41, 5.74) is 0.749. The summed E-state index contributed by atoms with van der Waals surface area (Å²) in [4.78, 5) is 37.2. The minimum Gasteiger partial charge on any atom is -0.497 e. The summed E-state index contributed by atoms with van der Waals surface area (Å²) in [5.74, 6) is 0.0397. The van der Waals surface area contributed by atoms with E-state index < -0.39 is 5.54 Å². The molecule has 0 aliphatic carbocycles. The van der Waals surface area contributed by atoms with Crippen molar-refractivity contribution in [3.8, 4) is 11.5 Å². The number of carbonyl (C=O) groups is 3. The lowest BCUT2D eigenvalue weighted by atomic mass is 10.1. The molecule has 3 amide bonds. The van der Waals surface area contributed by atoms with E-state index in [0.29, 0.717) is 28.3 Å². The molecule has 0 bridgehead atoms. The molecule has 3 N–H and O–H groups in total. The van der Waals surface area contributed by atoms with Crippen LogP contribution in [0, 0.1) is 0 Å². The third kappa shape index (κ3) is 7.33. The fourth-order valence-electron chi connectivity index (χ4n) is 2.74. The molecule has 2 aromatic carbocycles. The van der Waals surface area contributed by atoms with E-state index in [0.717, 1.165) is 0 Å². The molecular formula is C23H29N3O5. The zero-order valence-electron chi connectivity index (χ0n) is 18.5. The second kappa shape index (κ2) is 10.5. The topological polar surface area (TPSA) is 106 Å². The summed E-state index contributed by atoms with van der Waals surface area (Å²) in [7, 11) is 3.00. The highest BCUT2D eigenvalue weighted by Crippen LogP contribution is 2.22. The van der Waals surface area contributed by atoms with Gasteiger partial charge in [0, 0.05) is 30.1 Å². The predicted molar refractivity (Wildman–Crippen MR) is 119 cm³/mol. The van der Waals surface area contributed by atoms with Crippen LogP contribution < -0.4 is 25.4 Å². The normalized spacial score (nSPS) is 10.7. The Kier molecular flexibility index (Phi) is 8.01. The van der Waals surface area contributed by atoms with Crippen molar-refractivity contribution in [3.05, 3.63) is 53.6 Å². The summed E-state index contributed by atoms with van der Waals surface area (Å²) in [6.45, 7) is 5.77. The van der Waals surface area contributed by atoms with E-state index in [1.807, 2.05) is 20.8 Å². The van der Waals surface area contributed by atoms with Gasteiger partial charge in [-0.3, -0.25) is 14.4 Å². The summed E-state index contributed by atoms with van der Waals surface area (Å²) < 4.78 is 10.3. The molecule has 0 fully saturated rings. The van der Waals surface area contributed by atoms with Crippen LogP contribution in [-0.4, -0.2) is 44.0 Å². The maximum absolute atomic E-state index is 12.5. The lowest BCUT2D eigenvalue weighted by Gasteiger charge is -2.21. The van der Waals surface area contributed by atoms with Gasteiger partial charge in [-0.25, -0.2) is 0 Å². The summed E-state index contributed by atoms with van der Waals surface area (Å²) in [6.07, 6.45) is 0.0437. The largest absolute Gasteiger partial charge is 0.497 e. The van der Waals surface area contributed by atoms with E-state index in [1.54, 1.807) is 42.5 Å². The summed E-state index contributed by atoms with van der Waals surface area (Å²) in [6, 6.07) is 11.6. The molecule has 0 heterocycles. The standard InChI is InChI=1S/C23H29N3O5/c1-23(2,3)26-22(29)18-8-6-7-9-19(18)25-20(27)10-11-24-21(28)15-12-16(30-4)14-17(13-15)31-5/h6-9,12-14H,10-11H2,1-5H3,(H,24,28)(H,25,27)(H,26,29). The number of ether oxygens (including phenoxy) is 2. The van der Waals surface area contributed by atoms with Gasteiger partial charge in [0.25, 0.3) is 11.8 Å². The number of rotatable bonds is 8. The molecular weight excluding hydrogens is 398 g/mol. The molecule has 0 aromatic heterocycles. The highest BCUT2D eigenvalue weighted by atomic mass is 16.5. The molecule has 2 aromatic rings. The molecule has 0 saturated carbocycles. The molecule has 0 aliphatic heterocycles. The first-order valence-corrected chi connectivity index (χ1v) is 9.85. The van der Waals surface area contributed by atoms with Crippen LogP contribution in [0.4, 0.5) is 5.69 Å². The van der Waals surface area contributed by atoms with Gasteiger partial charge in [0.2, 0.25) is 5.91 Å². The van der Waals surface area contributed by atoms with E-state index in [1.165, 1.54) is 14.2 Å². The Morgan fingerprint density at radius 1 is 0.903 bits per heavy atom. The Bertz CT molecular complexity index is 928. The first kappa shape index (κ1) is 23.7. The highest BCUT2D eigenvalue weighted by Gasteiger charge is 2.18. The van der Waals surface area contributed by atoms with E-state index in [-0.39, 0.29) is 30.7 Å². The molecule has 166 valence electrons. The van der Waals surface area contributed by atoms with Gasteiger partial charge in [0.15, 0.2) is 0 Å². The van der Waals surface area contributed by atoms with Gasteiger partial charge in [-0.1, -0.05) is 12.1 Å². The van der Waals surface area contributed by atoms with Crippen LogP contribution in [0.25, 0.3) is 0 Å². The maximum atomic E-state index is 12.5. The molecule has 0 saturated heterocycles. The Morgan fingerprint density at radius 2 is 1.52 bits per heavy atom. The van der Waals surface area contributed by atoms with E-state index in [2.05, 4.69) is 16.0 Å². The Labute approximate surface area is 182 Å². The molecule has 0 aliphatic rings. The van der Waals surface area contributed by atoms with Gasteiger partial charge in [0.05, 0.1) is 25.5 Å². The first-order valence-electron chi connectivity index (χ1n) is 9.85. The molecule has 2 rings (SSSR count). The van der Waals surface area contributed by atoms with Crippen molar-refractivity contribution in [2.45, 2.75) is 32.7 Å². The van der Waals surface area contributed by atoms with E-state index >= 15 is 0 Å². The number of benzene rings is 2. The van der Waals surface area contributed by atoms with Crippen LogP contribution in [0.15, 0.2) is 42.5 Å². The highest BCUT2D eigenvalue weighted by molar-refractivity contribution is 6.04. The number of anilines is 1. The van der Waals surface area contributed by atoms with Crippen LogP contribution >= 0.6 is 0 Å². The van der Waals surface area contributed by atoms with Crippen LogP contribution in [0.5, 0.6) is 11.5 Å². The summed E-state index contributed by atoms with van der Waals surface area (Å²) >= 11 is 0. The Balaban J connectivity index is 1.95. The molecule has 8 heteroatoms. The van der Waals surface area contributed by atoms with Crippen LogP contribution in [-0.2, 0) is 4.79 Å². The van der Waals surface area contributed by atoms with Crippen molar-refractivity contribution in [1.82, 2.24) is 10.6 Å². The fraction of sp³-hybridized carbons (Fsp3) is 0.348. The van der Waals surface area contributed by atoms with Gasteiger partial charge in [-0.15, -0.1) is 0 Å². The Hall–Kier alpha value is -3.55. The number of hydrogen-bond donors (Lipinski definition) is 3. The fourth-order valence-corrected chi connectivity index (χ4v) is 2.74. The van der Waals surface area contributed by atoms with Gasteiger partial charge in [-0.2, -0.15) is 0 Å². The molecule has 31 heavy (non-hydrogen) atoms. The zero-order valence-corrected chi connectivity index (χ0v) is 18.5. The molecule has 8 nitrogen and oxygen atoms in total. The monoisotopic (exact) mass is 427 g/mol. The smallest absolute Gasteiger partial charge is 0.253 e. The van der Waals surface area contributed by atoms with Crippen LogP contribution in [0.1, 0.15) is 47.9 Å². The van der Waals surface area contributed by atoms with Gasteiger partial charge in [-0.05, 0) is 45.0 Å². The molecule has 0 atom stereocenters. The zero-order chi connectivity index (χ0) is 23.0. The summed E-state index contributed by atoms with van der Waals surface area (Å²) in [5, 5.41) is 8.31. The van der Waals surface area contributed by atoms with Crippen LogP contribution in [0.3, 0.4) is 0 Å². The predicted octanol–water partition coefficient (Wildman–Crippen LogP) is 2.99. The number of para-hydroxylation sites is 1. The number of nitrogens with one attached hydrogen (secondary N) is 3. The van der Waals surface area contributed by atoms with E-state index in [4.69, 9.17) is 9.47 Å². The molecule has 0 radical (unpaired) electrons. The lowest BCUT2D eigenvalue weighted by Crippen LogP contribution is -2.40. The van der Waals surface area contributed by atoms with Crippen molar-refractivity contribution in [3.63, 3.8) is 0 Å². The van der Waals surface area contributed by atoms with Crippen molar-refractivity contribution < 1.29 is 23.9 Å². The lowest BCUT2D eigenvalue weighted by molar-refractivity contribution is -0.116. The van der Waals surface area contributed by atoms with Crippen LogP contribution in [0.2, 0.25) is 0 Å². The average Bonchev–Trinajstić information content (AvgIpc) is 2.72. The number of amides is 3. The minimum absolute atomic E-state index is 0.0437. The number of hydrogen-bond acceptors (Lipinski definition) is 5. The Morgan fingerprint density at radius 3 is 2.10 bits per heavy atom. The third-order valence-electron chi connectivity index (χ3n) is 4.19. The van der Waals surface area contributed by atoms with Crippen molar-refractivity contribution >= 4 is 23.4 Å². The second-order valence-corrected chi connectivity index (χ2v) is 7.91. The molecule has 0 spiro atoms. The van der Waals surface area contributed by atoms with Gasteiger partial charge in [0.1, 0.15) is 11.5 Å². The third-order valence-corrected chi connectivity index (χ3v) is 4.19. The van der Waals surface area contributed by atoms with Gasteiger partial charge < -0.3 is 25.4 Å². The quantitative estimate of drug-likeness (QED) is 0.601. The first-order chi connectivity index (χ1) is 14.6. The van der Waals surface area contributed by atoms with Crippen molar-refractivity contribution in [2.24, 2.45) is 0 Å². The minimum atomic E-state index is -0.402.